The molecule has 0 radical (unpaired) electrons. The standard InChI is InChI=1S/C17H26Cl2N4O4S/c1-20-28(25,26)8-2-5-21-17(24)22-10-14-12-23(6-7-27-14)11-13-3-4-15(18)16(19)9-13/h3-4,9,14,20H,2,5-8,10-12H2,1H3,(H2,21,22,24)/t14-/m0/s1. The zero-order valence-corrected chi connectivity index (χ0v) is 18.0. The van der Waals surface area contributed by atoms with Crippen LogP contribution in [0.25, 0.3) is 0 Å². The van der Waals surface area contributed by atoms with Crippen molar-refractivity contribution in [3.63, 3.8) is 0 Å². The highest BCUT2D eigenvalue weighted by atomic mass is 35.5. The Morgan fingerprint density at radius 2 is 2.07 bits per heavy atom. The molecular formula is C17H26Cl2N4O4S. The van der Waals surface area contributed by atoms with Crippen LogP contribution in [0.1, 0.15) is 12.0 Å². The maximum Gasteiger partial charge on any atom is 0.314 e. The molecule has 2 rings (SSSR count). The molecule has 158 valence electrons. The van der Waals surface area contributed by atoms with Crippen LogP contribution in [-0.4, -0.2) is 71.0 Å². The molecule has 3 N–H and O–H groups in total. The quantitative estimate of drug-likeness (QED) is 0.492. The summed E-state index contributed by atoms with van der Waals surface area (Å²) >= 11 is 12.0. The molecule has 1 aliphatic heterocycles. The number of carbonyl (C=O) groups is 1. The third kappa shape index (κ3) is 8.10. The number of nitrogens with zero attached hydrogens (tertiary/aromatic N) is 1. The fourth-order valence-corrected chi connectivity index (χ4v) is 3.83. The maximum atomic E-state index is 11.8. The molecule has 0 saturated carbocycles. The first kappa shape index (κ1) is 23.2. The number of benzene rings is 1. The van der Waals surface area contributed by atoms with Crippen LogP contribution in [-0.2, 0) is 21.3 Å². The van der Waals surface area contributed by atoms with Crippen LogP contribution in [0.5, 0.6) is 0 Å². The Hall–Kier alpha value is -1.10. The Kier molecular flexibility index (Phi) is 9.26. The average Bonchev–Trinajstić information content (AvgIpc) is 2.67. The summed E-state index contributed by atoms with van der Waals surface area (Å²) in [7, 11) is -1.88. The summed E-state index contributed by atoms with van der Waals surface area (Å²) in [4.78, 5) is 14.1. The molecule has 1 aromatic carbocycles. The van der Waals surface area contributed by atoms with E-state index in [0.717, 1.165) is 18.7 Å². The third-order valence-corrected chi connectivity index (χ3v) is 6.48. The van der Waals surface area contributed by atoms with Gasteiger partial charge in [-0.05, 0) is 31.2 Å². The van der Waals surface area contributed by atoms with Crippen molar-refractivity contribution < 1.29 is 17.9 Å². The topological polar surface area (TPSA) is 99.8 Å². The van der Waals surface area contributed by atoms with E-state index in [1.54, 1.807) is 6.07 Å². The van der Waals surface area contributed by atoms with Crippen LogP contribution in [0.4, 0.5) is 4.79 Å². The predicted molar refractivity (Wildman–Crippen MR) is 110 cm³/mol. The van der Waals surface area contributed by atoms with Crippen molar-refractivity contribution >= 4 is 39.3 Å². The fraction of sp³-hybridized carbons (Fsp3) is 0.588. The van der Waals surface area contributed by atoms with Gasteiger partial charge in [0.05, 0.1) is 28.5 Å². The molecular weight excluding hydrogens is 427 g/mol. The molecule has 0 unspecified atom stereocenters. The van der Waals surface area contributed by atoms with Gasteiger partial charge in [0.25, 0.3) is 0 Å². The number of ether oxygens (including phenoxy) is 1. The number of hydrogen-bond donors (Lipinski definition) is 3. The Morgan fingerprint density at radius 3 is 2.79 bits per heavy atom. The van der Waals surface area contributed by atoms with Crippen LogP contribution >= 0.6 is 23.2 Å². The van der Waals surface area contributed by atoms with Crippen molar-refractivity contribution in [2.24, 2.45) is 0 Å². The summed E-state index contributed by atoms with van der Waals surface area (Å²) < 4.78 is 30.5. The largest absolute Gasteiger partial charge is 0.374 e. The third-order valence-electron chi connectivity index (χ3n) is 4.29. The molecule has 1 fully saturated rings. The minimum absolute atomic E-state index is 0.0286. The smallest absolute Gasteiger partial charge is 0.314 e. The number of hydrogen-bond acceptors (Lipinski definition) is 5. The summed E-state index contributed by atoms with van der Waals surface area (Å²) in [6.45, 7) is 3.43. The van der Waals surface area contributed by atoms with Gasteiger partial charge < -0.3 is 15.4 Å². The van der Waals surface area contributed by atoms with Gasteiger partial charge in [-0.2, -0.15) is 0 Å². The van der Waals surface area contributed by atoms with Gasteiger partial charge in [0, 0.05) is 32.7 Å². The number of morpholine rings is 1. The summed E-state index contributed by atoms with van der Waals surface area (Å²) in [6, 6.07) is 5.24. The zero-order chi connectivity index (χ0) is 20.6. The highest BCUT2D eigenvalue weighted by Gasteiger charge is 2.21. The van der Waals surface area contributed by atoms with E-state index in [1.807, 2.05) is 12.1 Å². The van der Waals surface area contributed by atoms with Crippen LogP contribution in [0.2, 0.25) is 10.0 Å². The monoisotopic (exact) mass is 452 g/mol. The number of rotatable bonds is 9. The first-order valence-corrected chi connectivity index (χ1v) is 11.4. The van der Waals surface area contributed by atoms with Gasteiger partial charge in [-0.3, -0.25) is 4.90 Å². The van der Waals surface area contributed by atoms with Gasteiger partial charge in [-0.25, -0.2) is 17.9 Å². The SMILES string of the molecule is CNS(=O)(=O)CCCNC(=O)NC[C@H]1CN(Cc2ccc(Cl)c(Cl)c2)CCO1. The molecule has 0 spiro atoms. The normalized spacial score (nSPS) is 18.0. The van der Waals surface area contributed by atoms with Crippen LogP contribution in [0, 0.1) is 0 Å². The van der Waals surface area contributed by atoms with Crippen molar-refractivity contribution in [2.75, 3.05) is 45.6 Å². The highest BCUT2D eigenvalue weighted by molar-refractivity contribution is 7.89. The van der Waals surface area contributed by atoms with Crippen LogP contribution < -0.4 is 15.4 Å². The zero-order valence-electron chi connectivity index (χ0n) is 15.7. The molecule has 1 aromatic rings. The van der Waals surface area contributed by atoms with E-state index >= 15 is 0 Å². The molecule has 28 heavy (non-hydrogen) atoms. The summed E-state index contributed by atoms with van der Waals surface area (Å²) in [5, 5.41) is 6.47. The van der Waals surface area contributed by atoms with Crippen LogP contribution in [0.15, 0.2) is 18.2 Å². The van der Waals surface area contributed by atoms with Gasteiger partial charge in [-0.15, -0.1) is 0 Å². The highest BCUT2D eigenvalue weighted by Crippen LogP contribution is 2.23. The number of halogens is 2. The number of urea groups is 1. The number of sulfonamides is 1. The average molecular weight is 453 g/mol. The number of amides is 2. The Labute approximate surface area is 175 Å². The van der Waals surface area contributed by atoms with E-state index in [1.165, 1.54) is 7.05 Å². The van der Waals surface area contributed by atoms with Gasteiger partial charge in [0.15, 0.2) is 0 Å². The molecule has 1 saturated heterocycles. The molecule has 1 aliphatic rings. The van der Waals surface area contributed by atoms with E-state index in [9.17, 15) is 13.2 Å². The lowest BCUT2D eigenvalue weighted by atomic mass is 10.2. The molecule has 8 nitrogen and oxygen atoms in total. The summed E-state index contributed by atoms with van der Waals surface area (Å²) in [6.07, 6.45) is 0.223. The van der Waals surface area contributed by atoms with Crippen molar-refractivity contribution in [3.8, 4) is 0 Å². The maximum absolute atomic E-state index is 11.8. The molecule has 11 heteroatoms. The van der Waals surface area contributed by atoms with Gasteiger partial charge in [0.2, 0.25) is 10.0 Å². The second kappa shape index (κ2) is 11.2. The lowest BCUT2D eigenvalue weighted by Gasteiger charge is -2.33. The molecule has 1 heterocycles. The number of carbonyl (C=O) groups excluding carboxylic acids is 1. The lowest BCUT2D eigenvalue weighted by molar-refractivity contribution is -0.0287. The summed E-state index contributed by atoms with van der Waals surface area (Å²) in [5.41, 5.74) is 1.07. The molecule has 2 amide bonds. The first-order chi connectivity index (χ1) is 13.3. The van der Waals surface area contributed by atoms with Gasteiger partial charge in [0.1, 0.15) is 0 Å². The van der Waals surface area contributed by atoms with E-state index in [4.69, 9.17) is 27.9 Å². The molecule has 0 bridgehead atoms. The minimum Gasteiger partial charge on any atom is -0.374 e. The molecule has 0 aromatic heterocycles. The predicted octanol–water partition coefficient (Wildman–Crippen LogP) is 1.43. The van der Waals surface area contributed by atoms with E-state index in [2.05, 4.69) is 20.3 Å². The van der Waals surface area contributed by atoms with Crippen molar-refractivity contribution in [1.82, 2.24) is 20.3 Å². The Balaban J connectivity index is 1.68. The second-order valence-corrected chi connectivity index (χ2v) is 9.35. The Morgan fingerprint density at radius 1 is 1.29 bits per heavy atom. The molecule has 0 aliphatic carbocycles. The van der Waals surface area contributed by atoms with Crippen molar-refractivity contribution in [3.05, 3.63) is 33.8 Å². The fourth-order valence-electron chi connectivity index (χ4n) is 2.78. The van der Waals surface area contributed by atoms with Crippen molar-refractivity contribution in [1.29, 1.82) is 0 Å². The van der Waals surface area contributed by atoms with Crippen molar-refractivity contribution in [2.45, 2.75) is 19.1 Å². The Bertz CT molecular complexity index is 764. The first-order valence-electron chi connectivity index (χ1n) is 9.00. The van der Waals surface area contributed by atoms with Crippen LogP contribution in [0.3, 0.4) is 0 Å². The minimum atomic E-state index is -3.25. The molecule has 1 atom stereocenters. The number of nitrogens with one attached hydrogen (secondary N) is 3. The van der Waals surface area contributed by atoms with E-state index in [0.29, 0.717) is 36.2 Å². The van der Waals surface area contributed by atoms with Gasteiger partial charge in [-0.1, -0.05) is 29.3 Å². The summed E-state index contributed by atoms with van der Waals surface area (Å²) in [5.74, 6) is -0.0286. The van der Waals surface area contributed by atoms with E-state index < -0.39 is 10.0 Å². The van der Waals surface area contributed by atoms with Gasteiger partial charge >= 0.3 is 6.03 Å². The lowest BCUT2D eigenvalue weighted by Crippen LogP contribution is -2.48. The van der Waals surface area contributed by atoms with E-state index in [-0.39, 0.29) is 24.4 Å². The second-order valence-electron chi connectivity index (χ2n) is 6.49.